The molecule has 0 aromatic rings. The normalized spacial score (nSPS) is 13.8. The van der Waals surface area contributed by atoms with E-state index in [9.17, 15) is 9.90 Å². The van der Waals surface area contributed by atoms with Crippen LogP contribution < -0.4 is 5.32 Å². The first-order valence-electron chi connectivity index (χ1n) is 8.00. The molecule has 0 fully saturated rings. The summed E-state index contributed by atoms with van der Waals surface area (Å²) in [5.74, 6) is 0.429. The van der Waals surface area contributed by atoms with Crippen LogP contribution in [0.5, 0.6) is 0 Å². The zero-order valence-corrected chi connectivity index (χ0v) is 13.7. The first kappa shape index (κ1) is 19.7. The van der Waals surface area contributed by atoms with Gasteiger partial charge in [0.05, 0.1) is 6.10 Å². The maximum Gasteiger partial charge on any atom is 0.243 e. The molecule has 0 radical (unpaired) electrons. The summed E-state index contributed by atoms with van der Waals surface area (Å²) in [5, 5.41) is 12.4. The number of aliphatic hydroxyl groups excluding tert-OH is 1. The van der Waals surface area contributed by atoms with E-state index in [-0.39, 0.29) is 12.0 Å². The molecule has 21 heavy (non-hydrogen) atoms. The number of rotatable bonds is 11. The van der Waals surface area contributed by atoms with Crippen molar-refractivity contribution in [3.8, 4) is 0 Å². The highest BCUT2D eigenvalue weighted by atomic mass is 16.3. The van der Waals surface area contributed by atoms with Crippen LogP contribution in [-0.2, 0) is 4.79 Å². The molecule has 0 aliphatic carbocycles. The van der Waals surface area contributed by atoms with Crippen LogP contribution in [0.1, 0.15) is 52.9 Å². The van der Waals surface area contributed by atoms with E-state index in [4.69, 9.17) is 0 Å². The van der Waals surface area contributed by atoms with Gasteiger partial charge in [-0.15, -0.1) is 0 Å². The van der Waals surface area contributed by atoms with E-state index in [1.807, 2.05) is 18.2 Å². The first-order valence-corrected chi connectivity index (χ1v) is 8.00. The predicted octanol–water partition coefficient (Wildman–Crippen LogP) is 3.76. The summed E-state index contributed by atoms with van der Waals surface area (Å²) in [6, 6.07) is 0. The fourth-order valence-electron chi connectivity index (χ4n) is 1.70. The Labute approximate surface area is 129 Å². The van der Waals surface area contributed by atoms with Gasteiger partial charge >= 0.3 is 0 Å². The molecule has 0 aliphatic rings. The number of hydrogen-bond donors (Lipinski definition) is 2. The number of hydrogen-bond acceptors (Lipinski definition) is 2. The molecule has 0 spiro atoms. The Hall–Kier alpha value is -1.35. The molecule has 0 heterocycles. The van der Waals surface area contributed by atoms with E-state index in [2.05, 4.69) is 32.2 Å². The fourth-order valence-corrected chi connectivity index (χ4v) is 1.70. The third-order valence-corrected chi connectivity index (χ3v) is 2.88. The number of nitrogens with one attached hydrogen (secondary N) is 1. The summed E-state index contributed by atoms with van der Waals surface area (Å²) < 4.78 is 0. The van der Waals surface area contributed by atoms with Crippen LogP contribution in [0, 0.1) is 5.92 Å². The summed E-state index contributed by atoms with van der Waals surface area (Å²) in [4.78, 5) is 11.4. The molecular weight excluding hydrogens is 262 g/mol. The second-order valence-electron chi connectivity index (χ2n) is 5.65. The minimum Gasteiger partial charge on any atom is -0.393 e. The third kappa shape index (κ3) is 14.9. The predicted molar refractivity (Wildman–Crippen MR) is 90.0 cm³/mol. The van der Waals surface area contributed by atoms with Gasteiger partial charge in [-0.3, -0.25) is 4.79 Å². The topological polar surface area (TPSA) is 49.3 Å². The SMILES string of the molecule is CCCC(O)CC=CCCC=CC=CC(=O)NCC(C)C. The Balaban J connectivity index is 3.64. The lowest BCUT2D eigenvalue weighted by molar-refractivity contribution is -0.116. The van der Waals surface area contributed by atoms with Crippen molar-refractivity contribution in [1.29, 1.82) is 0 Å². The molecule has 0 aromatic heterocycles. The molecule has 0 aliphatic heterocycles. The van der Waals surface area contributed by atoms with Crippen molar-refractivity contribution in [2.45, 2.75) is 59.0 Å². The Bertz CT molecular complexity index is 343. The number of aliphatic hydroxyl groups is 1. The minimum atomic E-state index is -0.200. The van der Waals surface area contributed by atoms with E-state index < -0.39 is 0 Å². The third-order valence-electron chi connectivity index (χ3n) is 2.88. The molecule has 3 heteroatoms. The summed E-state index contributed by atoms with van der Waals surface area (Å²) in [7, 11) is 0. The van der Waals surface area contributed by atoms with Gasteiger partial charge in [-0.2, -0.15) is 0 Å². The van der Waals surface area contributed by atoms with Crippen molar-refractivity contribution in [3.63, 3.8) is 0 Å². The Kier molecular flexibility index (Phi) is 12.7. The number of unbranched alkanes of at least 4 members (excludes halogenated alkanes) is 1. The van der Waals surface area contributed by atoms with Crippen molar-refractivity contribution in [1.82, 2.24) is 5.32 Å². The van der Waals surface area contributed by atoms with Gasteiger partial charge in [-0.1, -0.05) is 57.6 Å². The van der Waals surface area contributed by atoms with E-state index in [0.29, 0.717) is 12.5 Å². The average Bonchev–Trinajstić information content (AvgIpc) is 2.43. The zero-order valence-electron chi connectivity index (χ0n) is 13.7. The zero-order chi connectivity index (χ0) is 15.9. The average molecular weight is 293 g/mol. The first-order chi connectivity index (χ1) is 10.1. The Morgan fingerprint density at radius 3 is 2.52 bits per heavy atom. The summed E-state index contributed by atoms with van der Waals surface area (Å²) in [5.41, 5.74) is 0. The van der Waals surface area contributed by atoms with Crippen LogP contribution in [0.2, 0.25) is 0 Å². The molecule has 2 N–H and O–H groups in total. The van der Waals surface area contributed by atoms with E-state index >= 15 is 0 Å². The number of allylic oxidation sites excluding steroid dienone is 4. The molecule has 3 nitrogen and oxygen atoms in total. The Morgan fingerprint density at radius 2 is 1.86 bits per heavy atom. The number of carbonyl (C=O) groups excluding carboxylic acids is 1. The van der Waals surface area contributed by atoms with Gasteiger partial charge < -0.3 is 10.4 Å². The molecule has 0 saturated carbocycles. The van der Waals surface area contributed by atoms with Crippen LogP contribution >= 0.6 is 0 Å². The summed E-state index contributed by atoms with van der Waals surface area (Å²) in [6.45, 7) is 6.92. The molecule has 0 aromatic carbocycles. The van der Waals surface area contributed by atoms with Crippen molar-refractivity contribution in [2.24, 2.45) is 5.92 Å². The molecule has 1 atom stereocenters. The van der Waals surface area contributed by atoms with Gasteiger partial charge in [-0.05, 0) is 31.6 Å². The van der Waals surface area contributed by atoms with Crippen LogP contribution in [0.15, 0.2) is 36.5 Å². The molecule has 120 valence electrons. The van der Waals surface area contributed by atoms with Crippen molar-refractivity contribution in [2.75, 3.05) is 6.54 Å². The second-order valence-corrected chi connectivity index (χ2v) is 5.65. The monoisotopic (exact) mass is 293 g/mol. The lowest BCUT2D eigenvalue weighted by Crippen LogP contribution is -2.25. The minimum absolute atomic E-state index is 0.0434. The van der Waals surface area contributed by atoms with Gasteiger partial charge in [0, 0.05) is 12.6 Å². The quantitative estimate of drug-likeness (QED) is 0.264. The van der Waals surface area contributed by atoms with Gasteiger partial charge in [0.2, 0.25) is 5.91 Å². The van der Waals surface area contributed by atoms with Gasteiger partial charge in [0.25, 0.3) is 0 Å². The number of amides is 1. The number of carbonyl (C=O) groups is 1. The maximum atomic E-state index is 11.4. The lowest BCUT2D eigenvalue weighted by atomic mass is 10.1. The fraction of sp³-hybridized carbons (Fsp3) is 0.611. The molecule has 0 saturated heterocycles. The summed E-state index contributed by atoms with van der Waals surface area (Å²) >= 11 is 0. The summed E-state index contributed by atoms with van der Waals surface area (Å²) in [6.07, 6.45) is 15.7. The smallest absolute Gasteiger partial charge is 0.243 e. The highest BCUT2D eigenvalue weighted by molar-refractivity contribution is 5.87. The largest absolute Gasteiger partial charge is 0.393 e. The van der Waals surface area contributed by atoms with Crippen LogP contribution in [0.3, 0.4) is 0 Å². The second kappa shape index (κ2) is 13.6. The lowest BCUT2D eigenvalue weighted by Gasteiger charge is -2.04. The van der Waals surface area contributed by atoms with E-state index in [1.165, 1.54) is 0 Å². The molecule has 1 unspecified atom stereocenters. The van der Waals surface area contributed by atoms with Crippen LogP contribution in [0.25, 0.3) is 0 Å². The van der Waals surface area contributed by atoms with Crippen LogP contribution in [0.4, 0.5) is 0 Å². The standard InChI is InChI=1S/C18H31NO2/c1-4-12-17(20)13-10-8-6-5-7-9-11-14-18(21)19-15-16(2)3/h7-11,14,16-17,20H,4-6,12-13,15H2,1-3H3,(H,19,21). The van der Waals surface area contributed by atoms with E-state index in [0.717, 1.165) is 32.1 Å². The highest BCUT2D eigenvalue weighted by Crippen LogP contribution is 2.03. The van der Waals surface area contributed by atoms with Gasteiger partial charge in [-0.25, -0.2) is 0 Å². The van der Waals surface area contributed by atoms with Crippen molar-refractivity contribution in [3.05, 3.63) is 36.5 Å². The van der Waals surface area contributed by atoms with Crippen molar-refractivity contribution >= 4 is 5.91 Å². The van der Waals surface area contributed by atoms with Crippen molar-refractivity contribution < 1.29 is 9.90 Å². The molecule has 1 amide bonds. The van der Waals surface area contributed by atoms with Gasteiger partial charge in [0.15, 0.2) is 0 Å². The highest BCUT2D eigenvalue weighted by Gasteiger charge is 1.97. The molecule has 0 rings (SSSR count). The molecule has 0 bridgehead atoms. The van der Waals surface area contributed by atoms with E-state index in [1.54, 1.807) is 12.2 Å². The maximum absolute atomic E-state index is 11.4. The van der Waals surface area contributed by atoms with Gasteiger partial charge in [0.1, 0.15) is 0 Å². The molecular formula is C18H31NO2. The van der Waals surface area contributed by atoms with Crippen LogP contribution in [-0.4, -0.2) is 23.7 Å². The Morgan fingerprint density at radius 1 is 1.14 bits per heavy atom.